The van der Waals surface area contributed by atoms with E-state index in [1.165, 1.54) is 5.56 Å². The van der Waals surface area contributed by atoms with Gasteiger partial charge in [-0.2, -0.15) is 5.10 Å². The first-order valence-corrected chi connectivity index (χ1v) is 7.26. The third-order valence-electron chi connectivity index (χ3n) is 3.24. The molecule has 0 aliphatic rings. The second-order valence-electron chi connectivity index (χ2n) is 4.67. The predicted octanol–water partition coefficient (Wildman–Crippen LogP) is 2.55. The van der Waals surface area contributed by atoms with E-state index >= 15 is 0 Å². The van der Waals surface area contributed by atoms with Gasteiger partial charge in [0.2, 0.25) is 0 Å². The number of nitrogens with one attached hydrogen (secondary N) is 2. The molecule has 2 aromatic rings. The summed E-state index contributed by atoms with van der Waals surface area (Å²) in [5, 5.41) is 9.80. The summed E-state index contributed by atoms with van der Waals surface area (Å²) in [6, 6.07) is 0. The van der Waals surface area contributed by atoms with E-state index < -0.39 is 0 Å². The fourth-order valence-electron chi connectivity index (χ4n) is 1.93. The van der Waals surface area contributed by atoms with Crippen molar-refractivity contribution in [2.45, 2.75) is 26.7 Å². The third kappa shape index (κ3) is 3.45. The van der Waals surface area contributed by atoms with Crippen LogP contribution in [0.4, 0.5) is 0 Å². The van der Waals surface area contributed by atoms with Crippen LogP contribution in [0.25, 0.3) is 0 Å². The van der Waals surface area contributed by atoms with Gasteiger partial charge in [-0.3, -0.25) is 14.9 Å². The Hall–Kier alpha value is -1.69. The first-order chi connectivity index (χ1) is 9.59. The summed E-state index contributed by atoms with van der Waals surface area (Å²) in [7, 11) is 0. The number of rotatable bonds is 5. The maximum atomic E-state index is 12.1. The molecule has 0 atom stereocenters. The Morgan fingerprint density at radius 3 is 2.85 bits per heavy atom. The number of halogens is 1. The number of aromatic amines is 1. The zero-order chi connectivity index (χ0) is 14.5. The fraction of sp³-hybridized carbons (Fsp3) is 0.357. The molecule has 0 unspecified atom stereocenters. The van der Waals surface area contributed by atoms with Gasteiger partial charge in [0, 0.05) is 29.1 Å². The molecule has 6 heteroatoms. The molecule has 0 aliphatic heterocycles. The van der Waals surface area contributed by atoms with E-state index in [2.05, 4.69) is 36.4 Å². The van der Waals surface area contributed by atoms with Crippen LogP contribution in [0.5, 0.6) is 0 Å². The lowest BCUT2D eigenvalue weighted by Crippen LogP contribution is -2.25. The maximum absolute atomic E-state index is 12.1. The first-order valence-electron chi connectivity index (χ1n) is 6.46. The molecule has 2 heterocycles. The molecule has 106 valence electrons. The highest BCUT2D eigenvalue weighted by molar-refractivity contribution is 9.10. The van der Waals surface area contributed by atoms with Crippen LogP contribution in [0, 0.1) is 13.8 Å². The van der Waals surface area contributed by atoms with E-state index in [0.717, 1.165) is 28.6 Å². The quantitative estimate of drug-likeness (QED) is 0.824. The Balaban J connectivity index is 1.84. The van der Waals surface area contributed by atoms with Gasteiger partial charge in [0.1, 0.15) is 0 Å². The summed E-state index contributed by atoms with van der Waals surface area (Å²) in [5.41, 5.74) is 3.80. The molecule has 1 amide bonds. The Morgan fingerprint density at radius 1 is 1.35 bits per heavy atom. The smallest absolute Gasteiger partial charge is 0.253 e. The number of amides is 1. The number of hydrogen-bond donors (Lipinski definition) is 2. The highest BCUT2D eigenvalue weighted by atomic mass is 79.9. The van der Waals surface area contributed by atoms with E-state index in [9.17, 15) is 4.79 Å². The van der Waals surface area contributed by atoms with Gasteiger partial charge >= 0.3 is 0 Å². The monoisotopic (exact) mass is 336 g/mol. The van der Waals surface area contributed by atoms with Crippen LogP contribution < -0.4 is 5.32 Å². The molecule has 0 saturated carbocycles. The fourth-order valence-corrected chi connectivity index (χ4v) is 2.26. The minimum Gasteiger partial charge on any atom is -0.352 e. The summed E-state index contributed by atoms with van der Waals surface area (Å²) in [4.78, 5) is 16.1. The van der Waals surface area contributed by atoms with Gasteiger partial charge in [-0.25, -0.2) is 0 Å². The number of aromatic nitrogens is 3. The number of H-pyrrole nitrogens is 1. The minimum atomic E-state index is -0.0831. The highest BCUT2D eigenvalue weighted by Crippen LogP contribution is 2.17. The van der Waals surface area contributed by atoms with E-state index in [0.29, 0.717) is 12.1 Å². The molecule has 0 bridgehead atoms. The van der Waals surface area contributed by atoms with Crippen molar-refractivity contribution in [2.24, 2.45) is 0 Å². The van der Waals surface area contributed by atoms with Gasteiger partial charge in [0.05, 0.1) is 11.8 Å². The molecule has 5 nitrogen and oxygen atoms in total. The molecule has 2 rings (SSSR count). The van der Waals surface area contributed by atoms with Crippen LogP contribution >= 0.6 is 15.9 Å². The van der Waals surface area contributed by atoms with Crippen molar-refractivity contribution >= 4 is 21.8 Å². The number of pyridine rings is 1. The van der Waals surface area contributed by atoms with Gasteiger partial charge in [-0.05, 0) is 53.7 Å². The number of hydrogen-bond acceptors (Lipinski definition) is 3. The van der Waals surface area contributed by atoms with Crippen LogP contribution in [0.15, 0.2) is 23.1 Å². The largest absolute Gasteiger partial charge is 0.352 e. The lowest BCUT2D eigenvalue weighted by atomic mass is 10.1. The molecule has 0 aromatic carbocycles. The number of aryl methyl sites for hydroxylation is 2. The van der Waals surface area contributed by atoms with Crippen LogP contribution in [0.1, 0.15) is 33.6 Å². The van der Waals surface area contributed by atoms with E-state index in [1.54, 1.807) is 12.4 Å². The van der Waals surface area contributed by atoms with Gasteiger partial charge in [0.15, 0.2) is 0 Å². The molecule has 0 aliphatic carbocycles. The summed E-state index contributed by atoms with van der Waals surface area (Å²) >= 11 is 3.38. The number of carbonyl (C=O) groups excluding carboxylic acids is 1. The molecule has 2 aromatic heterocycles. The molecule has 0 saturated heterocycles. The zero-order valence-corrected chi connectivity index (χ0v) is 13.1. The van der Waals surface area contributed by atoms with E-state index in [4.69, 9.17) is 0 Å². The van der Waals surface area contributed by atoms with Crippen molar-refractivity contribution in [3.63, 3.8) is 0 Å². The van der Waals surface area contributed by atoms with Crippen LogP contribution in [-0.2, 0) is 6.42 Å². The summed E-state index contributed by atoms with van der Waals surface area (Å²) in [6.45, 7) is 4.53. The standard InChI is InChI=1S/C14H17BrN4O/c1-9-12(7-16-8-13(9)15)14(20)17-5-3-4-11-6-18-19-10(11)2/h6-8H,3-5H2,1-2H3,(H,17,20)(H,18,19). The first kappa shape index (κ1) is 14.7. The van der Waals surface area contributed by atoms with E-state index in [-0.39, 0.29) is 5.91 Å². The molecule has 0 radical (unpaired) electrons. The summed E-state index contributed by atoms with van der Waals surface area (Å²) < 4.78 is 0.846. The van der Waals surface area contributed by atoms with Crippen LogP contribution in [0.2, 0.25) is 0 Å². The number of carbonyl (C=O) groups is 1. The molecular weight excluding hydrogens is 320 g/mol. The van der Waals surface area contributed by atoms with E-state index in [1.807, 2.05) is 20.0 Å². The average molecular weight is 337 g/mol. The van der Waals surface area contributed by atoms with Crippen molar-refractivity contribution in [1.82, 2.24) is 20.5 Å². The molecular formula is C14H17BrN4O. The van der Waals surface area contributed by atoms with Gasteiger partial charge in [-0.15, -0.1) is 0 Å². The Bertz CT molecular complexity index is 609. The van der Waals surface area contributed by atoms with Crippen molar-refractivity contribution in [3.05, 3.63) is 45.4 Å². The molecule has 2 N–H and O–H groups in total. The maximum Gasteiger partial charge on any atom is 0.253 e. The normalized spacial score (nSPS) is 10.6. The Morgan fingerprint density at radius 2 is 2.15 bits per heavy atom. The second-order valence-corrected chi connectivity index (χ2v) is 5.53. The summed E-state index contributed by atoms with van der Waals surface area (Å²) in [6.07, 6.45) is 6.90. The van der Waals surface area contributed by atoms with Crippen molar-refractivity contribution < 1.29 is 4.79 Å². The van der Waals surface area contributed by atoms with Gasteiger partial charge in [0.25, 0.3) is 5.91 Å². The second kappa shape index (κ2) is 6.65. The van der Waals surface area contributed by atoms with Gasteiger partial charge in [-0.1, -0.05) is 0 Å². The zero-order valence-electron chi connectivity index (χ0n) is 11.5. The van der Waals surface area contributed by atoms with Crippen LogP contribution in [0.3, 0.4) is 0 Å². The average Bonchev–Trinajstić information content (AvgIpc) is 2.83. The lowest BCUT2D eigenvalue weighted by Gasteiger charge is -2.08. The molecule has 20 heavy (non-hydrogen) atoms. The van der Waals surface area contributed by atoms with Gasteiger partial charge < -0.3 is 5.32 Å². The number of nitrogens with zero attached hydrogens (tertiary/aromatic N) is 2. The van der Waals surface area contributed by atoms with Crippen molar-refractivity contribution in [3.8, 4) is 0 Å². The topological polar surface area (TPSA) is 70.7 Å². The lowest BCUT2D eigenvalue weighted by molar-refractivity contribution is 0.0952. The minimum absolute atomic E-state index is 0.0831. The molecule has 0 fully saturated rings. The predicted molar refractivity (Wildman–Crippen MR) is 80.7 cm³/mol. The SMILES string of the molecule is Cc1[nH]ncc1CCCNC(=O)c1cncc(Br)c1C. The molecule has 0 spiro atoms. The summed E-state index contributed by atoms with van der Waals surface area (Å²) in [5.74, 6) is -0.0831. The highest BCUT2D eigenvalue weighted by Gasteiger charge is 2.10. The Kier molecular flexibility index (Phi) is 4.89. The van der Waals surface area contributed by atoms with Crippen LogP contribution in [-0.4, -0.2) is 27.6 Å². The Labute approximate surface area is 126 Å². The van der Waals surface area contributed by atoms with Crippen molar-refractivity contribution in [1.29, 1.82) is 0 Å². The third-order valence-corrected chi connectivity index (χ3v) is 4.04. The van der Waals surface area contributed by atoms with Crippen molar-refractivity contribution in [2.75, 3.05) is 6.54 Å².